The second-order valence-electron chi connectivity index (χ2n) is 5.80. The van der Waals surface area contributed by atoms with Crippen molar-refractivity contribution in [3.05, 3.63) is 52.7 Å². The Morgan fingerprint density at radius 1 is 1.27 bits per heavy atom. The van der Waals surface area contributed by atoms with Gasteiger partial charge in [0.2, 0.25) is 0 Å². The normalized spacial score (nSPS) is 10.9. The molecule has 3 aromatic rings. The summed E-state index contributed by atoms with van der Waals surface area (Å²) in [4.78, 5) is 24.5. The van der Waals surface area contributed by atoms with E-state index in [1.54, 1.807) is 0 Å². The molecule has 6 nitrogen and oxygen atoms in total. The number of aromatic nitrogens is 2. The molecule has 0 spiro atoms. The molecule has 1 N–H and O–H groups in total. The number of carbonyl (C=O) groups excluding carboxylic acids is 1. The van der Waals surface area contributed by atoms with Gasteiger partial charge in [-0.05, 0) is 25.0 Å². The molecule has 2 heterocycles. The quantitative estimate of drug-likeness (QED) is 0.643. The number of aliphatic hydroxyl groups is 1. The van der Waals surface area contributed by atoms with Crippen LogP contribution in [0.5, 0.6) is 0 Å². The van der Waals surface area contributed by atoms with Crippen LogP contribution in [0, 0.1) is 6.92 Å². The number of hydrogen-bond donors (Lipinski definition) is 1. The van der Waals surface area contributed by atoms with Crippen LogP contribution < -0.4 is 4.90 Å². The van der Waals surface area contributed by atoms with Crippen molar-refractivity contribution in [1.82, 2.24) is 9.97 Å². The van der Waals surface area contributed by atoms with Gasteiger partial charge in [-0.3, -0.25) is 0 Å². The first-order chi connectivity index (χ1) is 12.7. The monoisotopic (exact) mass is 371 g/mol. The van der Waals surface area contributed by atoms with E-state index in [4.69, 9.17) is 4.74 Å². The lowest BCUT2D eigenvalue weighted by Crippen LogP contribution is -2.27. The summed E-state index contributed by atoms with van der Waals surface area (Å²) in [6, 6.07) is 9.59. The second kappa shape index (κ2) is 8.25. The number of anilines is 1. The lowest BCUT2D eigenvalue weighted by molar-refractivity contribution is 0.0478. The van der Waals surface area contributed by atoms with Gasteiger partial charge < -0.3 is 14.7 Å². The second-order valence-corrected chi connectivity index (χ2v) is 6.80. The molecule has 0 atom stereocenters. The zero-order valence-corrected chi connectivity index (χ0v) is 15.6. The first-order valence-corrected chi connectivity index (χ1v) is 9.28. The Balaban J connectivity index is 1.90. The molecule has 0 saturated heterocycles. The van der Waals surface area contributed by atoms with Crippen molar-refractivity contribution in [2.75, 3.05) is 24.6 Å². The van der Waals surface area contributed by atoms with Gasteiger partial charge in [0.15, 0.2) is 0 Å². The predicted octanol–water partition coefficient (Wildman–Crippen LogP) is 3.18. The summed E-state index contributed by atoms with van der Waals surface area (Å²) in [6.07, 6.45) is 1.49. The van der Waals surface area contributed by atoms with Crippen LogP contribution in [0.3, 0.4) is 0 Å². The van der Waals surface area contributed by atoms with Crippen molar-refractivity contribution < 1.29 is 14.6 Å². The number of esters is 1. The highest BCUT2D eigenvalue weighted by Gasteiger charge is 2.22. The molecule has 0 amide bonds. The summed E-state index contributed by atoms with van der Waals surface area (Å²) < 4.78 is 5.47. The Bertz CT molecular complexity index is 896. The molecule has 0 aliphatic rings. The highest BCUT2D eigenvalue weighted by molar-refractivity contribution is 7.20. The molecule has 0 aliphatic heterocycles. The number of rotatable bonds is 7. The standard InChI is InChI=1S/C19H21N3O3S/c1-3-22(9-10-23)17-15-13(2)16(26-18(15)21-12-20-17)19(24)25-11-14-7-5-4-6-8-14/h4-8,12,23H,3,9-11H2,1-2H3. The van der Waals surface area contributed by atoms with E-state index >= 15 is 0 Å². The summed E-state index contributed by atoms with van der Waals surface area (Å²) >= 11 is 1.31. The Hall–Kier alpha value is -2.51. The zero-order valence-electron chi connectivity index (χ0n) is 14.8. The van der Waals surface area contributed by atoms with E-state index in [1.807, 2.05) is 49.1 Å². The molecule has 136 valence electrons. The summed E-state index contributed by atoms with van der Waals surface area (Å²) in [5.74, 6) is 0.382. The molecule has 1 aromatic carbocycles. The van der Waals surface area contributed by atoms with Crippen LogP contribution in [0.1, 0.15) is 27.7 Å². The Kier molecular flexibility index (Phi) is 5.80. The number of carbonyl (C=O) groups is 1. The van der Waals surface area contributed by atoms with Crippen LogP contribution in [0.25, 0.3) is 10.2 Å². The summed E-state index contributed by atoms with van der Waals surface area (Å²) in [5.41, 5.74) is 1.76. The highest BCUT2D eigenvalue weighted by Crippen LogP contribution is 2.35. The van der Waals surface area contributed by atoms with Crippen molar-refractivity contribution in [2.45, 2.75) is 20.5 Å². The van der Waals surface area contributed by atoms with Gasteiger partial charge in [-0.1, -0.05) is 30.3 Å². The molecule has 0 saturated carbocycles. The number of hydrogen-bond acceptors (Lipinski definition) is 7. The van der Waals surface area contributed by atoms with Crippen LogP contribution in [0.2, 0.25) is 0 Å². The molecule has 26 heavy (non-hydrogen) atoms. The van der Waals surface area contributed by atoms with Gasteiger partial charge in [0.25, 0.3) is 0 Å². The molecule has 0 aliphatic carbocycles. The first kappa shape index (κ1) is 18.3. The van der Waals surface area contributed by atoms with E-state index in [9.17, 15) is 9.90 Å². The average molecular weight is 371 g/mol. The van der Waals surface area contributed by atoms with Gasteiger partial charge in [0.1, 0.15) is 28.5 Å². The lowest BCUT2D eigenvalue weighted by atomic mass is 10.2. The molecular weight excluding hydrogens is 350 g/mol. The third-order valence-electron chi connectivity index (χ3n) is 4.16. The maximum Gasteiger partial charge on any atom is 0.349 e. The van der Waals surface area contributed by atoms with E-state index in [1.165, 1.54) is 17.7 Å². The summed E-state index contributed by atoms with van der Waals surface area (Å²) in [7, 11) is 0. The summed E-state index contributed by atoms with van der Waals surface area (Å²) in [5, 5.41) is 10.1. The third-order valence-corrected chi connectivity index (χ3v) is 5.34. The van der Waals surface area contributed by atoms with E-state index in [2.05, 4.69) is 9.97 Å². The smallest absolute Gasteiger partial charge is 0.349 e. The minimum absolute atomic E-state index is 0.0362. The van der Waals surface area contributed by atoms with Crippen LogP contribution in [-0.2, 0) is 11.3 Å². The Labute approximate surface area is 156 Å². The molecule has 2 aromatic heterocycles. The number of nitrogens with zero attached hydrogens (tertiary/aromatic N) is 3. The van der Waals surface area contributed by atoms with E-state index in [0.717, 1.165) is 27.2 Å². The number of likely N-dealkylation sites (N-methyl/N-ethyl adjacent to an activating group) is 1. The number of thiophene rings is 1. The zero-order chi connectivity index (χ0) is 18.5. The van der Waals surface area contributed by atoms with Crippen LogP contribution in [-0.4, -0.2) is 40.7 Å². The minimum Gasteiger partial charge on any atom is -0.457 e. The highest BCUT2D eigenvalue weighted by atomic mass is 32.1. The SMILES string of the molecule is CCN(CCO)c1ncnc2sc(C(=O)OCc3ccccc3)c(C)c12. The van der Waals surface area contributed by atoms with Crippen LogP contribution in [0.15, 0.2) is 36.7 Å². The number of benzene rings is 1. The minimum atomic E-state index is -0.356. The third kappa shape index (κ3) is 3.68. The summed E-state index contributed by atoms with van der Waals surface area (Å²) in [6.45, 7) is 5.34. The number of aliphatic hydroxyl groups excluding tert-OH is 1. The molecule has 7 heteroatoms. The molecule has 0 unspecified atom stereocenters. The van der Waals surface area contributed by atoms with Gasteiger partial charge in [-0.25, -0.2) is 14.8 Å². The van der Waals surface area contributed by atoms with Gasteiger partial charge >= 0.3 is 5.97 Å². The van der Waals surface area contributed by atoms with E-state index < -0.39 is 0 Å². The topological polar surface area (TPSA) is 75.5 Å². The van der Waals surface area contributed by atoms with Crippen LogP contribution in [0.4, 0.5) is 5.82 Å². The molecule has 3 rings (SSSR count). The van der Waals surface area contributed by atoms with E-state index in [0.29, 0.717) is 18.0 Å². The average Bonchev–Trinajstić information content (AvgIpc) is 3.02. The van der Waals surface area contributed by atoms with Gasteiger partial charge in [0, 0.05) is 13.1 Å². The molecule has 0 fully saturated rings. The van der Waals surface area contributed by atoms with Gasteiger partial charge in [0.05, 0.1) is 12.0 Å². The Morgan fingerprint density at radius 2 is 2.04 bits per heavy atom. The lowest BCUT2D eigenvalue weighted by Gasteiger charge is -2.21. The van der Waals surface area contributed by atoms with Crippen molar-refractivity contribution >= 4 is 33.3 Å². The largest absolute Gasteiger partial charge is 0.457 e. The molecular formula is C19H21N3O3S. The number of fused-ring (bicyclic) bond motifs is 1. The van der Waals surface area contributed by atoms with Crippen molar-refractivity contribution in [3.63, 3.8) is 0 Å². The fraction of sp³-hybridized carbons (Fsp3) is 0.316. The number of aryl methyl sites for hydroxylation is 1. The predicted molar refractivity (Wildman–Crippen MR) is 103 cm³/mol. The maximum absolute atomic E-state index is 12.6. The van der Waals surface area contributed by atoms with Crippen molar-refractivity contribution in [1.29, 1.82) is 0 Å². The van der Waals surface area contributed by atoms with Crippen LogP contribution >= 0.6 is 11.3 Å². The fourth-order valence-corrected chi connectivity index (χ4v) is 3.85. The first-order valence-electron chi connectivity index (χ1n) is 8.46. The van der Waals surface area contributed by atoms with Crippen molar-refractivity contribution in [2.24, 2.45) is 0 Å². The maximum atomic E-state index is 12.6. The Morgan fingerprint density at radius 3 is 2.73 bits per heavy atom. The fourth-order valence-electron chi connectivity index (χ4n) is 2.81. The van der Waals surface area contributed by atoms with Gasteiger partial charge in [-0.15, -0.1) is 11.3 Å². The molecule has 0 radical (unpaired) electrons. The van der Waals surface area contributed by atoms with Crippen molar-refractivity contribution in [3.8, 4) is 0 Å². The number of ether oxygens (including phenoxy) is 1. The molecule has 0 bridgehead atoms. The van der Waals surface area contributed by atoms with Gasteiger partial charge in [-0.2, -0.15) is 0 Å². The van der Waals surface area contributed by atoms with E-state index in [-0.39, 0.29) is 19.2 Å².